The standard InChI is InChI=1S/C16H23NO3/c1-14-4-3-5-16-15(14)6-7-17(16)8-9-19-12-13-20-11-10-18-2/h3-7H,8-13H2,1-2H3. The minimum atomic E-state index is 0.620. The van der Waals surface area contributed by atoms with Crippen molar-refractivity contribution in [2.45, 2.75) is 13.5 Å². The van der Waals surface area contributed by atoms with E-state index in [2.05, 4.69) is 42.0 Å². The summed E-state index contributed by atoms with van der Waals surface area (Å²) in [6.45, 7) is 6.21. The zero-order valence-corrected chi connectivity index (χ0v) is 12.3. The molecule has 0 unspecified atom stereocenters. The van der Waals surface area contributed by atoms with Crippen molar-refractivity contribution in [3.8, 4) is 0 Å². The zero-order chi connectivity index (χ0) is 14.2. The molecule has 0 radical (unpaired) electrons. The number of hydrogen-bond acceptors (Lipinski definition) is 3. The third-order valence-electron chi connectivity index (χ3n) is 3.31. The summed E-state index contributed by atoms with van der Waals surface area (Å²) in [5.41, 5.74) is 2.58. The van der Waals surface area contributed by atoms with E-state index in [4.69, 9.17) is 14.2 Å². The molecule has 0 aliphatic carbocycles. The molecule has 0 aliphatic rings. The fourth-order valence-electron chi connectivity index (χ4n) is 2.20. The summed E-state index contributed by atoms with van der Waals surface area (Å²) in [4.78, 5) is 0. The van der Waals surface area contributed by atoms with Crippen LogP contribution in [0.3, 0.4) is 0 Å². The van der Waals surface area contributed by atoms with Gasteiger partial charge in [-0.3, -0.25) is 0 Å². The van der Waals surface area contributed by atoms with Crippen LogP contribution in [0.15, 0.2) is 30.5 Å². The van der Waals surface area contributed by atoms with Crippen LogP contribution >= 0.6 is 0 Å². The molecule has 4 heteroatoms. The van der Waals surface area contributed by atoms with Crippen molar-refractivity contribution >= 4 is 10.9 Å². The van der Waals surface area contributed by atoms with Gasteiger partial charge in [0.05, 0.1) is 33.0 Å². The molecule has 2 rings (SSSR count). The van der Waals surface area contributed by atoms with Crippen LogP contribution in [0.4, 0.5) is 0 Å². The molecule has 0 saturated carbocycles. The van der Waals surface area contributed by atoms with Crippen LogP contribution in [0.2, 0.25) is 0 Å². The molecule has 0 bridgehead atoms. The number of nitrogens with zero attached hydrogens (tertiary/aromatic N) is 1. The van der Waals surface area contributed by atoms with Gasteiger partial charge in [0.15, 0.2) is 0 Å². The quantitative estimate of drug-likeness (QED) is 0.661. The monoisotopic (exact) mass is 277 g/mol. The second-order valence-corrected chi connectivity index (χ2v) is 4.73. The number of methoxy groups -OCH3 is 1. The Morgan fingerprint density at radius 2 is 1.70 bits per heavy atom. The first-order valence-corrected chi connectivity index (χ1v) is 7.02. The molecule has 0 N–H and O–H groups in total. The Labute approximate surface area is 120 Å². The van der Waals surface area contributed by atoms with Crippen molar-refractivity contribution in [2.75, 3.05) is 40.1 Å². The third kappa shape index (κ3) is 4.07. The van der Waals surface area contributed by atoms with Gasteiger partial charge in [0.2, 0.25) is 0 Å². The molecule has 0 amide bonds. The van der Waals surface area contributed by atoms with Gasteiger partial charge in [-0.25, -0.2) is 0 Å². The van der Waals surface area contributed by atoms with Crippen molar-refractivity contribution in [2.24, 2.45) is 0 Å². The SMILES string of the molecule is COCCOCCOCCn1ccc2c(C)cccc21. The lowest BCUT2D eigenvalue weighted by Crippen LogP contribution is -2.11. The molecule has 1 heterocycles. The number of ether oxygens (including phenoxy) is 3. The lowest BCUT2D eigenvalue weighted by molar-refractivity contribution is 0.0232. The maximum Gasteiger partial charge on any atom is 0.0701 e. The Balaban J connectivity index is 1.70. The largest absolute Gasteiger partial charge is 0.382 e. The van der Waals surface area contributed by atoms with Crippen molar-refractivity contribution in [3.63, 3.8) is 0 Å². The van der Waals surface area contributed by atoms with Crippen LogP contribution in [-0.2, 0) is 20.8 Å². The van der Waals surface area contributed by atoms with E-state index < -0.39 is 0 Å². The highest BCUT2D eigenvalue weighted by molar-refractivity contribution is 5.83. The number of aromatic nitrogens is 1. The van der Waals surface area contributed by atoms with E-state index in [0.29, 0.717) is 33.0 Å². The molecule has 110 valence electrons. The van der Waals surface area contributed by atoms with Crippen LogP contribution < -0.4 is 0 Å². The molecule has 4 nitrogen and oxygen atoms in total. The van der Waals surface area contributed by atoms with Gasteiger partial charge in [0.25, 0.3) is 0 Å². The Morgan fingerprint density at radius 3 is 2.50 bits per heavy atom. The maximum atomic E-state index is 5.58. The number of fused-ring (bicyclic) bond motifs is 1. The van der Waals surface area contributed by atoms with E-state index in [1.807, 2.05) is 0 Å². The smallest absolute Gasteiger partial charge is 0.0701 e. The summed E-state index contributed by atoms with van der Waals surface area (Å²) >= 11 is 0. The third-order valence-corrected chi connectivity index (χ3v) is 3.31. The van der Waals surface area contributed by atoms with Crippen LogP contribution in [0, 0.1) is 6.92 Å². The average molecular weight is 277 g/mol. The molecular weight excluding hydrogens is 254 g/mol. The van der Waals surface area contributed by atoms with Gasteiger partial charge in [-0.15, -0.1) is 0 Å². The molecule has 2 aromatic rings. The summed E-state index contributed by atoms with van der Waals surface area (Å²) in [6.07, 6.45) is 2.12. The van der Waals surface area contributed by atoms with Crippen LogP contribution in [0.5, 0.6) is 0 Å². The van der Waals surface area contributed by atoms with Gasteiger partial charge in [0.1, 0.15) is 0 Å². The summed E-state index contributed by atoms with van der Waals surface area (Å²) in [5, 5.41) is 1.32. The maximum absolute atomic E-state index is 5.58. The van der Waals surface area contributed by atoms with Crippen molar-refractivity contribution in [1.29, 1.82) is 0 Å². The first-order valence-electron chi connectivity index (χ1n) is 7.02. The van der Waals surface area contributed by atoms with E-state index in [9.17, 15) is 0 Å². The number of aryl methyl sites for hydroxylation is 1. The zero-order valence-electron chi connectivity index (χ0n) is 12.3. The Kier molecular flexibility index (Phi) is 6.05. The van der Waals surface area contributed by atoms with Gasteiger partial charge >= 0.3 is 0 Å². The van der Waals surface area contributed by atoms with Crippen molar-refractivity contribution in [3.05, 3.63) is 36.0 Å². The van der Waals surface area contributed by atoms with Gasteiger partial charge in [-0.05, 0) is 24.6 Å². The number of benzene rings is 1. The average Bonchev–Trinajstić information content (AvgIpc) is 2.87. The van der Waals surface area contributed by atoms with Crippen molar-refractivity contribution in [1.82, 2.24) is 4.57 Å². The normalized spacial score (nSPS) is 11.3. The lowest BCUT2D eigenvalue weighted by atomic mass is 10.1. The summed E-state index contributed by atoms with van der Waals surface area (Å²) in [6, 6.07) is 8.55. The molecule has 0 atom stereocenters. The van der Waals surface area contributed by atoms with Crippen molar-refractivity contribution < 1.29 is 14.2 Å². The van der Waals surface area contributed by atoms with Crippen LogP contribution in [0.1, 0.15) is 5.56 Å². The highest BCUT2D eigenvalue weighted by Crippen LogP contribution is 2.19. The molecule has 0 saturated heterocycles. The molecule has 1 aromatic carbocycles. The van der Waals surface area contributed by atoms with E-state index in [-0.39, 0.29) is 0 Å². The van der Waals surface area contributed by atoms with Gasteiger partial charge < -0.3 is 18.8 Å². The topological polar surface area (TPSA) is 32.6 Å². The minimum Gasteiger partial charge on any atom is -0.382 e. The van der Waals surface area contributed by atoms with Gasteiger partial charge in [0, 0.05) is 30.8 Å². The molecule has 1 aromatic heterocycles. The molecule has 0 fully saturated rings. The highest BCUT2D eigenvalue weighted by atomic mass is 16.5. The molecular formula is C16H23NO3. The fraction of sp³-hybridized carbons (Fsp3) is 0.500. The first-order chi connectivity index (χ1) is 9.83. The number of hydrogen-bond donors (Lipinski definition) is 0. The lowest BCUT2D eigenvalue weighted by Gasteiger charge is -2.08. The molecule has 0 aliphatic heterocycles. The Morgan fingerprint density at radius 1 is 0.950 bits per heavy atom. The second kappa shape index (κ2) is 8.04. The van der Waals surface area contributed by atoms with E-state index in [1.54, 1.807) is 7.11 Å². The second-order valence-electron chi connectivity index (χ2n) is 4.73. The van der Waals surface area contributed by atoms with E-state index in [0.717, 1.165) is 6.54 Å². The van der Waals surface area contributed by atoms with E-state index >= 15 is 0 Å². The Hall–Kier alpha value is -1.36. The predicted molar refractivity (Wildman–Crippen MR) is 80.2 cm³/mol. The molecule has 0 spiro atoms. The predicted octanol–water partition coefficient (Wildman–Crippen LogP) is 2.63. The van der Waals surface area contributed by atoms with Crippen LogP contribution in [-0.4, -0.2) is 44.7 Å². The fourth-order valence-corrected chi connectivity index (χ4v) is 2.20. The van der Waals surface area contributed by atoms with Gasteiger partial charge in [-0.1, -0.05) is 12.1 Å². The number of rotatable bonds is 9. The summed E-state index contributed by atoms with van der Waals surface area (Å²) < 4.78 is 18.1. The summed E-state index contributed by atoms with van der Waals surface area (Å²) in [5.74, 6) is 0. The van der Waals surface area contributed by atoms with E-state index in [1.165, 1.54) is 16.5 Å². The molecule has 20 heavy (non-hydrogen) atoms. The Bertz CT molecular complexity index is 521. The van der Waals surface area contributed by atoms with Gasteiger partial charge in [-0.2, -0.15) is 0 Å². The minimum absolute atomic E-state index is 0.620. The highest BCUT2D eigenvalue weighted by Gasteiger charge is 2.02. The first kappa shape index (κ1) is 15.0. The van der Waals surface area contributed by atoms with Crippen LogP contribution in [0.25, 0.3) is 10.9 Å². The summed E-state index contributed by atoms with van der Waals surface area (Å²) in [7, 11) is 1.67.